The van der Waals surface area contributed by atoms with E-state index in [-0.39, 0.29) is 0 Å². The van der Waals surface area contributed by atoms with Gasteiger partial charge < -0.3 is 10.3 Å². The number of rotatable bonds is 5. The third-order valence-corrected chi connectivity index (χ3v) is 3.46. The van der Waals surface area contributed by atoms with Crippen molar-refractivity contribution in [3.63, 3.8) is 0 Å². The van der Waals surface area contributed by atoms with E-state index < -0.39 is 0 Å². The summed E-state index contributed by atoms with van der Waals surface area (Å²) in [7, 11) is 0. The molecule has 0 fully saturated rings. The maximum absolute atomic E-state index is 5.80. The van der Waals surface area contributed by atoms with Crippen molar-refractivity contribution in [1.82, 2.24) is 14.5 Å². The molecule has 1 atom stereocenters. The van der Waals surface area contributed by atoms with Crippen LogP contribution in [-0.2, 0) is 6.42 Å². The van der Waals surface area contributed by atoms with Crippen molar-refractivity contribution in [3.05, 3.63) is 24.3 Å². The second-order valence-electron chi connectivity index (χ2n) is 5.07. The molecule has 0 bridgehead atoms. The van der Waals surface area contributed by atoms with Crippen LogP contribution in [0.2, 0.25) is 0 Å². The van der Waals surface area contributed by atoms with Crippen molar-refractivity contribution >= 4 is 11.0 Å². The summed E-state index contributed by atoms with van der Waals surface area (Å²) in [5, 5.41) is 0. The molecule has 0 saturated heterocycles. The van der Waals surface area contributed by atoms with Crippen LogP contribution in [0.4, 0.5) is 0 Å². The molecule has 0 aromatic carbocycles. The summed E-state index contributed by atoms with van der Waals surface area (Å²) in [5.74, 6) is 1.64. The molecule has 2 heterocycles. The van der Waals surface area contributed by atoms with Crippen LogP contribution in [0.5, 0.6) is 0 Å². The van der Waals surface area contributed by atoms with E-state index >= 15 is 0 Å². The van der Waals surface area contributed by atoms with Crippen LogP contribution in [0.25, 0.3) is 11.0 Å². The van der Waals surface area contributed by atoms with Gasteiger partial charge in [0, 0.05) is 18.7 Å². The third-order valence-electron chi connectivity index (χ3n) is 3.46. The van der Waals surface area contributed by atoms with Gasteiger partial charge in [0.1, 0.15) is 11.3 Å². The van der Waals surface area contributed by atoms with Gasteiger partial charge in [-0.1, -0.05) is 13.3 Å². The number of nitrogens with two attached hydrogens (primary N) is 1. The maximum atomic E-state index is 5.80. The molecule has 0 aliphatic carbocycles. The quantitative estimate of drug-likeness (QED) is 0.882. The molecule has 2 aromatic heterocycles. The highest BCUT2D eigenvalue weighted by molar-refractivity contribution is 5.74. The lowest BCUT2D eigenvalue weighted by atomic mass is 10.0. The number of fused-ring (bicyclic) bond motifs is 1. The topological polar surface area (TPSA) is 56.7 Å². The van der Waals surface area contributed by atoms with Crippen molar-refractivity contribution in [2.75, 3.05) is 6.54 Å². The normalized spacial score (nSPS) is 13.4. The number of aromatic nitrogens is 3. The van der Waals surface area contributed by atoms with E-state index in [0.29, 0.717) is 12.0 Å². The maximum Gasteiger partial charge on any atom is 0.110 e. The molecule has 0 radical (unpaired) electrons. The second kappa shape index (κ2) is 5.48. The average Bonchev–Trinajstić information content (AvgIpc) is 2.73. The Morgan fingerprint density at radius 2 is 2.17 bits per heavy atom. The molecule has 2 aromatic rings. The van der Waals surface area contributed by atoms with E-state index in [2.05, 4.69) is 30.3 Å². The van der Waals surface area contributed by atoms with E-state index in [9.17, 15) is 0 Å². The van der Waals surface area contributed by atoms with Crippen LogP contribution in [-0.4, -0.2) is 21.1 Å². The lowest BCUT2D eigenvalue weighted by Crippen LogP contribution is -2.19. The Morgan fingerprint density at radius 3 is 2.78 bits per heavy atom. The number of hydrogen-bond acceptors (Lipinski definition) is 3. The van der Waals surface area contributed by atoms with Crippen LogP contribution >= 0.6 is 0 Å². The first kappa shape index (κ1) is 13.0. The first-order valence-corrected chi connectivity index (χ1v) is 6.68. The Morgan fingerprint density at radius 1 is 1.39 bits per heavy atom. The molecule has 1 unspecified atom stereocenters. The summed E-state index contributed by atoms with van der Waals surface area (Å²) in [5.41, 5.74) is 7.95. The molecule has 0 saturated carbocycles. The van der Waals surface area contributed by atoms with E-state index in [1.54, 1.807) is 0 Å². The molecule has 4 nitrogen and oxygen atoms in total. The fourth-order valence-electron chi connectivity index (χ4n) is 2.37. The van der Waals surface area contributed by atoms with E-state index in [1.165, 1.54) is 5.52 Å². The highest BCUT2D eigenvalue weighted by Gasteiger charge is 2.16. The number of nitrogens with zero attached hydrogens (tertiary/aromatic N) is 3. The van der Waals surface area contributed by atoms with Gasteiger partial charge in [-0.2, -0.15) is 0 Å². The minimum atomic E-state index is 0.405. The summed E-state index contributed by atoms with van der Waals surface area (Å²) in [4.78, 5) is 8.86. The summed E-state index contributed by atoms with van der Waals surface area (Å²) in [6.07, 6.45) is 5.70. The fraction of sp³-hybridized carbons (Fsp3) is 0.571. The Labute approximate surface area is 108 Å². The fourth-order valence-corrected chi connectivity index (χ4v) is 2.37. The largest absolute Gasteiger partial charge is 0.330 e. The smallest absolute Gasteiger partial charge is 0.110 e. The van der Waals surface area contributed by atoms with Gasteiger partial charge >= 0.3 is 0 Å². The van der Waals surface area contributed by atoms with E-state index in [4.69, 9.17) is 10.7 Å². The molecule has 2 rings (SSSR count). The van der Waals surface area contributed by atoms with Gasteiger partial charge in [0.25, 0.3) is 0 Å². The first-order chi connectivity index (χ1) is 8.67. The van der Waals surface area contributed by atoms with Gasteiger partial charge in [-0.05, 0) is 32.4 Å². The molecule has 4 heteroatoms. The molecular weight excluding hydrogens is 224 g/mol. The first-order valence-electron chi connectivity index (χ1n) is 6.68. The average molecular weight is 246 g/mol. The van der Waals surface area contributed by atoms with Crippen molar-refractivity contribution < 1.29 is 0 Å². The van der Waals surface area contributed by atoms with Crippen molar-refractivity contribution in [3.8, 4) is 0 Å². The highest BCUT2D eigenvalue weighted by atomic mass is 15.1. The summed E-state index contributed by atoms with van der Waals surface area (Å²) >= 11 is 0. The van der Waals surface area contributed by atoms with Crippen LogP contribution in [0.15, 0.2) is 18.5 Å². The summed E-state index contributed by atoms with van der Waals surface area (Å²) < 4.78 is 2.30. The molecule has 2 N–H and O–H groups in total. The molecule has 18 heavy (non-hydrogen) atoms. The third kappa shape index (κ3) is 2.38. The Hall–Kier alpha value is -1.42. The van der Waals surface area contributed by atoms with Gasteiger partial charge in [-0.25, -0.2) is 4.98 Å². The zero-order valence-corrected chi connectivity index (χ0v) is 11.4. The van der Waals surface area contributed by atoms with Gasteiger partial charge in [-0.3, -0.25) is 4.98 Å². The van der Waals surface area contributed by atoms with E-state index in [0.717, 1.165) is 30.7 Å². The minimum absolute atomic E-state index is 0.405. The van der Waals surface area contributed by atoms with Crippen molar-refractivity contribution in [2.24, 2.45) is 11.7 Å². The lowest BCUT2D eigenvalue weighted by molar-refractivity contribution is 0.478. The van der Waals surface area contributed by atoms with Crippen LogP contribution in [0.3, 0.4) is 0 Å². The molecule has 0 amide bonds. The second-order valence-corrected chi connectivity index (χ2v) is 5.07. The lowest BCUT2D eigenvalue weighted by Gasteiger charge is -2.16. The minimum Gasteiger partial charge on any atom is -0.330 e. The number of imidazole rings is 1. The standard InChI is InChI=1S/C14H22N4/c1-4-11(8-15)7-14-17-12-9-16-6-5-13(12)18(14)10(2)3/h5-6,9-11H,4,7-8,15H2,1-3H3. The highest BCUT2D eigenvalue weighted by Crippen LogP contribution is 2.22. The molecule has 98 valence electrons. The van der Waals surface area contributed by atoms with Gasteiger partial charge in [0.2, 0.25) is 0 Å². The molecule has 0 spiro atoms. The predicted molar refractivity (Wildman–Crippen MR) is 74.5 cm³/mol. The van der Waals surface area contributed by atoms with Gasteiger partial charge in [-0.15, -0.1) is 0 Å². The Bertz CT molecular complexity index is 511. The summed E-state index contributed by atoms with van der Waals surface area (Å²) in [6.45, 7) is 7.28. The van der Waals surface area contributed by atoms with Gasteiger partial charge in [0.05, 0.1) is 11.7 Å². The van der Waals surface area contributed by atoms with E-state index in [1.807, 2.05) is 18.5 Å². The van der Waals surface area contributed by atoms with Gasteiger partial charge in [0.15, 0.2) is 0 Å². The Balaban J connectivity index is 2.45. The van der Waals surface area contributed by atoms with Crippen molar-refractivity contribution in [1.29, 1.82) is 0 Å². The van der Waals surface area contributed by atoms with Crippen LogP contribution < -0.4 is 5.73 Å². The van der Waals surface area contributed by atoms with Crippen LogP contribution in [0, 0.1) is 5.92 Å². The molecule has 0 aliphatic rings. The molecule has 0 aliphatic heterocycles. The zero-order chi connectivity index (χ0) is 13.1. The predicted octanol–water partition coefficient (Wildman–Crippen LogP) is 2.54. The van der Waals surface area contributed by atoms with Crippen molar-refractivity contribution in [2.45, 2.75) is 39.7 Å². The zero-order valence-electron chi connectivity index (χ0n) is 11.4. The Kier molecular flexibility index (Phi) is 3.97. The summed E-state index contributed by atoms with van der Waals surface area (Å²) in [6, 6.07) is 2.44. The number of hydrogen-bond donors (Lipinski definition) is 1. The monoisotopic (exact) mass is 246 g/mol. The molecular formula is C14H22N4. The van der Waals surface area contributed by atoms with Crippen LogP contribution in [0.1, 0.15) is 39.1 Å². The number of pyridine rings is 1. The SMILES string of the molecule is CCC(CN)Cc1nc2cnccc2n1C(C)C.